The second-order valence-electron chi connectivity index (χ2n) is 7.38. The molecule has 7 heteroatoms. The standard InChI is InChI=1S/C25H24ClF3N2O/c1-2-3-16-30(18-19-10-6-4-7-11-19)24(32)31(21-12-8-5-9-13-21)23-17-20(25(27,28)29)14-15-22(23)26/h4-15,17H,2-3,16,18H2,1H3. The van der Waals surface area contributed by atoms with Crippen LogP contribution >= 0.6 is 11.6 Å². The lowest BCUT2D eigenvalue weighted by molar-refractivity contribution is -0.137. The van der Waals surface area contributed by atoms with E-state index in [0.29, 0.717) is 18.8 Å². The molecule has 0 radical (unpaired) electrons. The number of hydrogen-bond acceptors (Lipinski definition) is 1. The van der Waals surface area contributed by atoms with Crippen molar-refractivity contribution in [2.24, 2.45) is 0 Å². The van der Waals surface area contributed by atoms with E-state index in [9.17, 15) is 18.0 Å². The molecule has 0 aliphatic heterocycles. The van der Waals surface area contributed by atoms with E-state index >= 15 is 0 Å². The number of urea groups is 1. The van der Waals surface area contributed by atoms with Gasteiger partial charge < -0.3 is 4.90 Å². The third-order valence-corrected chi connectivity index (χ3v) is 5.31. The second-order valence-corrected chi connectivity index (χ2v) is 7.79. The first-order chi connectivity index (χ1) is 15.3. The Morgan fingerprint density at radius 3 is 2.16 bits per heavy atom. The van der Waals surface area contributed by atoms with Crippen LogP contribution in [0.5, 0.6) is 0 Å². The SMILES string of the molecule is CCCCN(Cc1ccccc1)C(=O)N(c1ccccc1)c1cc(C(F)(F)F)ccc1Cl. The Kier molecular flexibility index (Phi) is 7.80. The molecule has 0 aromatic heterocycles. The van der Waals surface area contributed by atoms with E-state index in [4.69, 9.17) is 11.6 Å². The zero-order chi connectivity index (χ0) is 23.1. The summed E-state index contributed by atoms with van der Waals surface area (Å²) in [6.07, 6.45) is -2.93. The number of halogens is 4. The maximum atomic E-state index is 13.8. The normalized spacial score (nSPS) is 11.3. The number of unbranched alkanes of at least 4 members (excludes halogenated alkanes) is 1. The second kappa shape index (κ2) is 10.6. The first kappa shape index (κ1) is 23.7. The zero-order valence-corrected chi connectivity index (χ0v) is 18.4. The average molecular weight is 461 g/mol. The Morgan fingerprint density at radius 2 is 1.56 bits per heavy atom. The predicted molar refractivity (Wildman–Crippen MR) is 122 cm³/mol. The van der Waals surface area contributed by atoms with E-state index in [1.807, 2.05) is 37.3 Å². The third kappa shape index (κ3) is 5.82. The van der Waals surface area contributed by atoms with Crippen LogP contribution in [0.3, 0.4) is 0 Å². The van der Waals surface area contributed by atoms with E-state index < -0.39 is 17.8 Å². The van der Waals surface area contributed by atoms with Gasteiger partial charge in [0.2, 0.25) is 0 Å². The molecule has 0 aliphatic rings. The van der Waals surface area contributed by atoms with Crippen molar-refractivity contribution in [1.82, 2.24) is 4.90 Å². The molecule has 0 heterocycles. The van der Waals surface area contributed by atoms with Gasteiger partial charge in [-0.1, -0.05) is 73.5 Å². The topological polar surface area (TPSA) is 23.6 Å². The minimum Gasteiger partial charge on any atom is -0.320 e. The highest BCUT2D eigenvalue weighted by molar-refractivity contribution is 6.34. The fraction of sp³-hybridized carbons (Fsp3) is 0.240. The van der Waals surface area contributed by atoms with Gasteiger partial charge in [-0.15, -0.1) is 0 Å². The summed E-state index contributed by atoms with van der Waals surface area (Å²) in [6.45, 7) is 2.81. The predicted octanol–water partition coefficient (Wildman–Crippen LogP) is 7.92. The van der Waals surface area contributed by atoms with E-state index in [1.165, 1.54) is 11.0 Å². The molecule has 2 amide bonds. The number of rotatable bonds is 7. The molecular weight excluding hydrogens is 437 g/mol. The molecule has 0 N–H and O–H groups in total. The van der Waals surface area contributed by atoms with Gasteiger partial charge in [-0.25, -0.2) is 4.79 Å². The Morgan fingerprint density at radius 1 is 0.938 bits per heavy atom. The third-order valence-electron chi connectivity index (χ3n) is 4.99. The summed E-state index contributed by atoms with van der Waals surface area (Å²) >= 11 is 6.32. The lowest BCUT2D eigenvalue weighted by Gasteiger charge is -2.32. The Balaban J connectivity index is 2.08. The fourth-order valence-electron chi connectivity index (χ4n) is 3.33. The minimum atomic E-state index is -4.56. The van der Waals surface area contributed by atoms with Gasteiger partial charge in [0.1, 0.15) is 0 Å². The quantitative estimate of drug-likeness (QED) is 0.351. The maximum Gasteiger partial charge on any atom is 0.416 e. The van der Waals surface area contributed by atoms with Crippen LogP contribution in [-0.4, -0.2) is 17.5 Å². The van der Waals surface area contributed by atoms with Gasteiger partial charge in [-0.2, -0.15) is 13.2 Å². The van der Waals surface area contributed by atoms with Crippen LogP contribution in [0.15, 0.2) is 78.9 Å². The highest BCUT2D eigenvalue weighted by Crippen LogP contribution is 2.38. The summed E-state index contributed by atoms with van der Waals surface area (Å²) in [5.41, 5.74) is 0.495. The monoisotopic (exact) mass is 460 g/mol. The largest absolute Gasteiger partial charge is 0.416 e. The van der Waals surface area contributed by atoms with Gasteiger partial charge in [0.25, 0.3) is 0 Å². The van der Waals surface area contributed by atoms with Crippen LogP contribution in [0.4, 0.5) is 29.3 Å². The zero-order valence-electron chi connectivity index (χ0n) is 17.6. The van der Waals surface area contributed by atoms with Gasteiger partial charge in [0.05, 0.1) is 22.0 Å². The van der Waals surface area contributed by atoms with Crippen molar-refractivity contribution in [2.75, 3.05) is 11.4 Å². The van der Waals surface area contributed by atoms with Gasteiger partial charge in [0.15, 0.2) is 0 Å². The summed E-state index contributed by atoms with van der Waals surface area (Å²) in [5.74, 6) is 0. The maximum absolute atomic E-state index is 13.8. The molecule has 0 spiro atoms. The summed E-state index contributed by atoms with van der Waals surface area (Å²) in [7, 11) is 0. The molecule has 0 bridgehead atoms. The smallest absolute Gasteiger partial charge is 0.320 e. The van der Waals surface area contributed by atoms with Crippen LogP contribution in [0.2, 0.25) is 5.02 Å². The van der Waals surface area contributed by atoms with Gasteiger partial charge in [-0.3, -0.25) is 4.90 Å². The van der Waals surface area contributed by atoms with Crippen molar-refractivity contribution in [3.63, 3.8) is 0 Å². The van der Waals surface area contributed by atoms with Crippen LogP contribution in [0.1, 0.15) is 30.9 Å². The number of para-hydroxylation sites is 1. The number of benzene rings is 3. The summed E-state index contributed by atoms with van der Waals surface area (Å²) in [4.78, 5) is 16.7. The van der Waals surface area contributed by atoms with E-state index in [1.54, 1.807) is 35.2 Å². The number of anilines is 2. The highest BCUT2D eigenvalue weighted by atomic mass is 35.5. The molecule has 3 nitrogen and oxygen atoms in total. The van der Waals surface area contributed by atoms with Crippen LogP contribution < -0.4 is 4.90 Å². The van der Waals surface area contributed by atoms with E-state index in [0.717, 1.165) is 30.5 Å². The molecule has 0 fully saturated rings. The lowest BCUT2D eigenvalue weighted by atomic mass is 10.1. The summed E-state index contributed by atoms with van der Waals surface area (Å²) in [6, 6.07) is 20.6. The van der Waals surface area contributed by atoms with Gasteiger partial charge >= 0.3 is 12.2 Å². The number of nitrogens with zero attached hydrogens (tertiary/aromatic N) is 2. The number of hydrogen-bond donors (Lipinski definition) is 0. The number of carbonyl (C=O) groups is 1. The average Bonchev–Trinajstić information content (AvgIpc) is 2.78. The molecule has 3 aromatic rings. The molecule has 0 unspecified atom stereocenters. The van der Waals surface area contributed by atoms with Crippen LogP contribution in [-0.2, 0) is 12.7 Å². The highest BCUT2D eigenvalue weighted by Gasteiger charge is 2.33. The van der Waals surface area contributed by atoms with Crippen molar-refractivity contribution in [3.8, 4) is 0 Å². The van der Waals surface area contributed by atoms with E-state index in [-0.39, 0.29) is 10.7 Å². The minimum absolute atomic E-state index is 0.00717. The van der Waals surface area contributed by atoms with Crippen LogP contribution in [0.25, 0.3) is 0 Å². The van der Waals surface area contributed by atoms with Crippen LogP contribution in [0, 0.1) is 0 Å². The Hall–Kier alpha value is -2.99. The molecule has 0 saturated carbocycles. The number of carbonyl (C=O) groups excluding carboxylic acids is 1. The Bertz CT molecular complexity index is 1030. The van der Waals surface area contributed by atoms with Gasteiger partial charge in [-0.05, 0) is 42.3 Å². The fourth-order valence-corrected chi connectivity index (χ4v) is 3.53. The first-order valence-electron chi connectivity index (χ1n) is 10.4. The van der Waals surface area contributed by atoms with Crippen molar-refractivity contribution in [2.45, 2.75) is 32.5 Å². The molecule has 0 aliphatic carbocycles. The first-order valence-corrected chi connectivity index (χ1v) is 10.7. The Labute approximate surface area is 191 Å². The lowest BCUT2D eigenvalue weighted by Crippen LogP contribution is -2.41. The summed E-state index contributed by atoms with van der Waals surface area (Å²) < 4.78 is 40.3. The van der Waals surface area contributed by atoms with Gasteiger partial charge in [0, 0.05) is 13.1 Å². The van der Waals surface area contributed by atoms with Crippen molar-refractivity contribution in [3.05, 3.63) is 95.0 Å². The van der Waals surface area contributed by atoms with E-state index in [2.05, 4.69) is 0 Å². The molecule has 3 rings (SSSR count). The number of amides is 2. The molecule has 0 saturated heterocycles. The molecule has 32 heavy (non-hydrogen) atoms. The molecular formula is C25H24ClF3N2O. The number of alkyl halides is 3. The van der Waals surface area contributed by atoms with Crippen molar-refractivity contribution >= 4 is 29.0 Å². The summed E-state index contributed by atoms with van der Waals surface area (Å²) in [5, 5.41) is 0.0605. The van der Waals surface area contributed by atoms with Crippen molar-refractivity contribution in [1.29, 1.82) is 0 Å². The molecule has 3 aromatic carbocycles. The molecule has 168 valence electrons. The molecule has 0 atom stereocenters. The van der Waals surface area contributed by atoms with Crippen molar-refractivity contribution < 1.29 is 18.0 Å².